The quantitative estimate of drug-likeness (QED) is 0.627. The van der Waals surface area contributed by atoms with Crippen molar-refractivity contribution in [2.45, 2.75) is 11.3 Å². The van der Waals surface area contributed by atoms with E-state index < -0.39 is 20.8 Å². The molecule has 102 valence electrons. The molecule has 0 spiro atoms. The second-order valence-electron chi connectivity index (χ2n) is 4.03. The maximum Gasteiger partial charge on any atom is 0.269 e. The van der Waals surface area contributed by atoms with Gasteiger partial charge >= 0.3 is 0 Å². The molecule has 2 rings (SSSR count). The predicted octanol–water partition coefficient (Wildman–Crippen LogP) is 1.84. The first-order valence-electron chi connectivity index (χ1n) is 5.50. The van der Waals surface area contributed by atoms with Gasteiger partial charge in [0.15, 0.2) is 0 Å². The molecular formula is C11H11FN2O4S. The van der Waals surface area contributed by atoms with Gasteiger partial charge < -0.3 is 0 Å². The Kier molecular flexibility index (Phi) is 3.63. The standard InChI is InChI=1S/C11H11FN2O4S/c12-9-2-1-7-13(8-9)19(17,18)11-5-3-10(4-6-11)14(15)16/h2-6H,1,7-8H2. The van der Waals surface area contributed by atoms with Crippen molar-refractivity contribution < 1.29 is 17.7 Å². The number of sulfonamides is 1. The normalized spacial score (nSPS) is 17.0. The molecule has 0 atom stereocenters. The lowest BCUT2D eigenvalue weighted by atomic mass is 10.3. The summed E-state index contributed by atoms with van der Waals surface area (Å²) < 4.78 is 38.5. The summed E-state index contributed by atoms with van der Waals surface area (Å²) in [6, 6.07) is 4.54. The molecule has 0 N–H and O–H groups in total. The summed E-state index contributed by atoms with van der Waals surface area (Å²) in [6.07, 6.45) is 1.67. The molecule has 0 fully saturated rings. The first-order valence-corrected chi connectivity index (χ1v) is 6.94. The van der Waals surface area contributed by atoms with Gasteiger partial charge in [0.2, 0.25) is 10.0 Å². The van der Waals surface area contributed by atoms with E-state index in [4.69, 9.17) is 0 Å². The lowest BCUT2D eigenvalue weighted by Crippen LogP contribution is -2.35. The highest BCUT2D eigenvalue weighted by Crippen LogP contribution is 2.22. The van der Waals surface area contributed by atoms with Crippen LogP contribution in [0.5, 0.6) is 0 Å². The molecule has 0 radical (unpaired) electrons. The van der Waals surface area contributed by atoms with Gasteiger partial charge in [0, 0.05) is 18.7 Å². The van der Waals surface area contributed by atoms with Gasteiger partial charge in [0.25, 0.3) is 5.69 Å². The molecule has 19 heavy (non-hydrogen) atoms. The molecule has 8 heteroatoms. The Morgan fingerprint density at radius 3 is 2.42 bits per heavy atom. The zero-order valence-electron chi connectivity index (χ0n) is 9.82. The predicted molar refractivity (Wildman–Crippen MR) is 65.7 cm³/mol. The second-order valence-corrected chi connectivity index (χ2v) is 5.97. The number of halogens is 1. The summed E-state index contributed by atoms with van der Waals surface area (Å²) in [6.45, 7) is -0.0912. The third-order valence-electron chi connectivity index (χ3n) is 2.76. The minimum atomic E-state index is -3.81. The SMILES string of the molecule is O=[N+]([O-])c1ccc(S(=O)(=O)N2CCC=C(F)C2)cc1. The van der Waals surface area contributed by atoms with E-state index in [9.17, 15) is 22.9 Å². The van der Waals surface area contributed by atoms with Crippen LogP contribution in [0.3, 0.4) is 0 Å². The van der Waals surface area contributed by atoms with Crippen molar-refractivity contribution in [3.05, 3.63) is 46.3 Å². The molecule has 0 aromatic heterocycles. The van der Waals surface area contributed by atoms with Crippen molar-refractivity contribution in [1.82, 2.24) is 4.31 Å². The van der Waals surface area contributed by atoms with E-state index in [0.29, 0.717) is 6.42 Å². The number of benzene rings is 1. The van der Waals surface area contributed by atoms with Crippen LogP contribution in [0.15, 0.2) is 41.1 Å². The van der Waals surface area contributed by atoms with Gasteiger partial charge in [0.1, 0.15) is 5.83 Å². The molecule has 1 aromatic carbocycles. The van der Waals surface area contributed by atoms with E-state index >= 15 is 0 Å². The van der Waals surface area contributed by atoms with Gasteiger partial charge in [-0.25, -0.2) is 12.8 Å². The Hall–Kier alpha value is -1.80. The van der Waals surface area contributed by atoms with E-state index in [1.807, 2.05) is 0 Å². The Labute approximate surface area is 109 Å². The van der Waals surface area contributed by atoms with Gasteiger partial charge in [-0.05, 0) is 18.6 Å². The number of hydrogen-bond donors (Lipinski definition) is 0. The summed E-state index contributed by atoms with van der Waals surface area (Å²) >= 11 is 0. The van der Waals surface area contributed by atoms with Crippen LogP contribution in [0.25, 0.3) is 0 Å². The minimum Gasteiger partial charge on any atom is -0.258 e. The molecule has 0 saturated heterocycles. The van der Waals surface area contributed by atoms with Crippen LogP contribution in [0.4, 0.5) is 10.1 Å². The topological polar surface area (TPSA) is 80.5 Å². The molecule has 6 nitrogen and oxygen atoms in total. The highest BCUT2D eigenvalue weighted by Gasteiger charge is 2.27. The Balaban J connectivity index is 2.29. The van der Waals surface area contributed by atoms with E-state index in [0.717, 1.165) is 28.6 Å². The molecule has 1 aromatic rings. The minimum absolute atomic E-state index is 0.0761. The van der Waals surface area contributed by atoms with Crippen molar-refractivity contribution in [3.63, 3.8) is 0 Å². The van der Waals surface area contributed by atoms with Crippen LogP contribution in [0, 0.1) is 10.1 Å². The molecule has 1 aliphatic rings. The van der Waals surface area contributed by atoms with Crippen LogP contribution >= 0.6 is 0 Å². The fourth-order valence-corrected chi connectivity index (χ4v) is 3.19. The molecule has 1 aliphatic heterocycles. The zero-order valence-corrected chi connectivity index (χ0v) is 10.6. The van der Waals surface area contributed by atoms with E-state index in [1.54, 1.807) is 0 Å². The summed E-state index contributed by atoms with van der Waals surface area (Å²) in [5.74, 6) is -0.489. The van der Waals surface area contributed by atoms with Crippen molar-refractivity contribution in [2.24, 2.45) is 0 Å². The first-order chi connectivity index (χ1) is 8.91. The third-order valence-corrected chi connectivity index (χ3v) is 4.62. The van der Waals surface area contributed by atoms with Crippen molar-refractivity contribution in [2.75, 3.05) is 13.1 Å². The van der Waals surface area contributed by atoms with Crippen LogP contribution in [0.2, 0.25) is 0 Å². The van der Waals surface area contributed by atoms with Gasteiger partial charge in [-0.15, -0.1) is 0 Å². The van der Waals surface area contributed by atoms with Crippen LogP contribution < -0.4 is 0 Å². The number of non-ortho nitro benzene ring substituents is 1. The largest absolute Gasteiger partial charge is 0.269 e. The fraction of sp³-hybridized carbons (Fsp3) is 0.273. The van der Waals surface area contributed by atoms with Crippen LogP contribution in [-0.2, 0) is 10.0 Å². The van der Waals surface area contributed by atoms with Crippen molar-refractivity contribution >= 4 is 15.7 Å². The second kappa shape index (κ2) is 5.06. The Morgan fingerprint density at radius 2 is 1.89 bits per heavy atom. The summed E-state index contributed by atoms with van der Waals surface area (Å²) in [4.78, 5) is 9.81. The van der Waals surface area contributed by atoms with Gasteiger partial charge in [0.05, 0.1) is 16.4 Å². The molecule has 0 unspecified atom stereocenters. The van der Waals surface area contributed by atoms with E-state index in [2.05, 4.69) is 0 Å². The van der Waals surface area contributed by atoms with E-state index in [1.165, 1.54) is 6.08 Å². The number of nitrogens with zero attached hydrogens (tertiary/aromatic N) is 2. The van der Waals surface area contributed by atoms with Gasteiger partial charge in [-0.2, -0.15) is 4.31 Å². The molecule has 0 aliphatic carbocycles. The maximum atomic E-state index is 13.1. The van der Waals surface area contributed by atoms with Gasteiger partial charge in [-0.3, -0.25) is 10.1 Å². The van der Waals surface area contributed by atoms with E-state index in [-0.39, 0.29) is 23.7 Å². The van der Waals surface area contributed by atoms with Gasteiger partial charge in [-0.1, -0.05) is 6.08 Å². The zero-order chi connectivity index (χ0) is 14.0. The highest BCUT2D eigenvalue weighted by molar-refractivity contribution is 7.89. The number of hydrogen-bond acceptors (Lipinski definition) is 4. The monoisotopic (exact) mass is 286 g/mol. The van der Waals surface area contributed by atoms with Crippen LogP contribution in [-0.4, -0.2) is 30.7 Å². The fourth-order valence-electron chi connectivity index (χ4n) is 1.77. The smallest absolute Gasteiger partial charge is 0.258 e. The van der Waals surface area contributed by atoms with Crippen molar-refractivity contribution in [1.29, 1.82) is 0 Å². The first kappa shape index (κ1) is 13.6. The number of nitro benzene ring substituents is 1. The lowest BCUT2D eigenvalue weighted by Gasteiger charge is -2.23. The van der Waals surface area contributed by atoms with Crippen LogP contribution in [0.1, 0.15) is 6.42 Å². The average Bonchev–Trinajstić information content (AvgIpc) is 2.39. The third kappa shape index (κ3) is 2.79. The molecule has 0 saturated carbocycles. The molecular weight excluding hydrogens is 275 g/mol. The summed E-state index contributed by atoms with van der Waals surface area (Å²) in [7, 11) is -3.81. The number of nitro groups is 1. The maximum absolute atomic E-state index is 13.1. The van der Waals surface area contributed by atoms with Crippen molar-refractivity contribution in [3.8, 4) is 0 Å². The highest BCUT2D eigenvalue weighted by atomic mass is 32.2. The Bertz CT molecular complexity index is 625. The summed E-state index contributed by atoms with van der Waals surface area (Å²) in [5.41, 5.74) is -0.191. The number of rotatable bonds is 3. The Morgan fingerprint density at radius 1 is 1.26 bits per heavy atom. The summed E-state index contributed by atoms with van der Waals surface area (Å²) in [5, 5.41) is 10.5. The molecule has 0 amide bonds. The average molecular weight is 286 g/mol. The molecule has 0 bridgehead atoms. The molecule has 1 heterocycles. The lowest BCUT2D eigenvalue weighted by molar-refractivity contribution is -0.384.